The lowest BCUT2D eigenvalue weighted by molar-refractivity contribution is 0.0526. The molecule has 7 nitrogen and oxygen atoms in total. The molecule has 0 aliphatic rings. The molecule has 0 fully saturated rings. The summed E-state index contributed by atoms with van der Waals surface area (Å²) >= 11 is 1.70. The molecule has 0 aliphatic heterocycles. The van der Waals surface area contributed by atoms with E-state index in [1.807, 2.05) is 7.05 Å². The van der Waals surface area contributed by atoms with Gasteiger partial charge in [0, 0.05) is 11.4 Å². The number of aromatic amines is 1. The van der Waals surface area contributed by atoms with Crippen LogP contribution < -0.4 is 5.56 Å². The summed E-state index contributed by atoms with van der Waals surface area (Å²) in [5.41, 5.74) is 1.15. The van der Waals surface area contributed by atoms with Gasteiger partial charge in [-0.25, -0.2) is 4.79 Å². The van der Waals surface area contributed by atoms with E-state index in [4.69, 9.17) is 9.15 Å². The lowest BCUT2D eigenvalue weighted by atomic mass is 10.2. The number of aryl methyl sites for hydroxylation is 2. The Morgan fingerprint density at radius 1 is 1.38 bits per heavy atom. The number of esters is 1. The number of ether oxygens (including phenoxy) is 1. The minimum Gasteiger partial charge on any atom is -0.462 e. The van der Waals surface area contributed by atoms with Crippen molar-refractivity contribution in [3.63, 3.8) is 0 Å². The van der Waals surface area contributed by atoms with E-state index in [9.17, 15) is 9.59 Å². The Morgan fingerprint density at radius 2 is 2.15 bits per heavy atom. The average Bonchev–Trinajstić information content (AvgIpc) is 3.10. The van der Waals surface area contributed by atoms with Crippen LogP contribution in [0.5, 0.6) is 0 Å². The van der Waals surface area contributed by atoms with Gasteiger partial charge in [-0.05, 0) is 44.8 Å². The molecular formula is C18H21N3O4S. The largest absolute Gasteiger partial charge is 0.462 e. The molecule has 26 heavy (non-hydrogen) atoms. The van der Waals surface area contributed by atoms with Crippen molar-refractivity contribution in [3.8, 4) is 0 Å². The van der Waals surface area contributed by atoms with E-state index < -0.39 is 11.5 Å². The minimum atomic E-state index is -0.575. The third-order valence-electron chi connectivity index (χ3n) is 4.07. The lowest BCUT2D eigenvalue weighted by Crippen LogP contribution is -2.22. The fourth-order valence-corrected chi connectivity index (χ4v) is 3.80. The maximum Gasteiger partial charge on any atom is 0.342 e. The van der Waals surface area contributed by atoms with Crippen molar-refractivity contribution in [3.05, 3.63) is 49.4 Å². The highest BCUT2D eigenvalue weighted by molar-refractivity contribution is 7.10. The summed E-state index contributed by atoms with van der Waals surface area (Å²) in [6, 6.07) is 2.09. The van der Waals surface area contributed by atoms with Gasteiger partial charge in [-0.2, -0.15) is 4.98 Å². The fourth-order valence-electron chi connectivity index (χ4n) is 2.81. The highest BCUT2D eigenvalue weighted by atomic mass is 32.1. The second-order valence-corrected chi connectivity index (χ2v) is 7.15. The minimum absolute atomic E-state index is 0.140. The summed E-state index contributed by atoms with van der Waals surface area (Å²) in [5, 5.41) is 2.20. The molecule has 8 heteroatoms. The second kappa shape index (κ2) is 7.43. The van der Waals surface area contributed by atoms with Crippen LogP contribution in [0.25, 0.3) is 11.1 Å². The average molecular weight is 375 g/mol. The second-order valence-electron chi connectivity index (χ2n) is 6.15. The zero-order valence-electron chi connectivity index (χ0n) is 15.2. The third-order valence-corrected chi connectivity index (χ3v) is 5.08. The molecule has 0 aliphatic carbocycles. The number of hydrogen-bond donors (Lipinski definition) is 1. The maximum atomic E-state index is 12.5. The normalized spacial score (nSPS) is 11.4. The molecule has 0 amide bonds. The van der Waals surface area contributed by atoms with Crippen molar-refractivity contribution in [1.82, 2.24) is 14.9 Å². The molecule has 0 atom stereocenters. The SMILES string of the molecule is CCOC(=O)c1c(C)oc2nc(CN(C)Cc3sccc3C)[nH]c(=O)c12. The van der Waals surface area contributed by atoms with Gasteiger partial charge in [-0.15, -0.1) is 11.3 Å². The van der Waals surface area contributed by atoms with Gasteiger partial charge >= 0.3 is 5.97 Å². The van der Waals surface area contributed by atoms with Crippen LogP contribution in [-0.4, -0.2) is 34.5 Å². The Morgan fingerprint density at radius 3 is 2.81 bits per heavy atom. The molecule has 1 N–H and O–H groups in total. The first-order valence-corrected chi connectivity index (χ1v) is 9.19. The maximum absolute atomic E-state index is 12.5. The Labute approximate surface area is 154 Å². The van der Waals surface area contributed by atoms with Crippen molar-refractivity contribution >= 4 is 28.4 Å². The van der Waals surface area contributed by atoms with Gasteiger partial charge in [-0.1, -0.05) is 0 Å². The first kappa shape index (κ1) is 18.3. The molecule has 0 unspecified atom stereocenters. The van der Waals surface area contributed by atoms with Crippen molar-refractivity contribution in [2.75, 3.05) is 13.7 Å². The van der Waals surface area contributed by atoms with Gasteiger partial charge < -0.3 is 14.1 Å². The number of aromatic nitrogens is 2. The first-order chi connectivity index (χ1) is 12.4. The topological polar surface area (TPSA) is 88.4 Å². The number of H-pyrrole nitrogens is 1. The first-order valence-electron chi connectivity index (χ1n) is 8.31. The van der Waals surface area contributed by atoms with Crippen LogP contribution in [0.4, 0.5) is 0 Å². The predicted molar refractivity (Wildman–Crippen MR) is 99.6 cm³/mol. The van der Waals surface area contributed by atoms with Crippen LogP contribution in [0.2, 0.25) is 0 Å². The predicted octanol–water partition coefficient (Wildman–Crippen LogP) is 3.00. The third kappa shape index (κ3) is 3.56. The standard InChI is InChI=1S/C18H21N3O4S/c1-5-24-18(23)14-11(3)25-17-15(14)16(22)19-13(20-17)9-21(4)8-12-10(2)6-7-26-12/h6-7H,5,8-9H2,1-4H3,(H,19,20,22). The number of carbonyl (C=O) groups is 1. The van der Waals surface area contributed by atoms with Crippen LogP contribution >= 0.6 is 11.3 Å². The number of thiophene rings is 1. The molecule has 0 saturated heterocycles. The molecule has 3 aromatic heterocycles. The quantitative estimate of drug-likeness (QED) is 0.666. The van der Waals surface area contributed by atoms with Gasteiger partial charge in [-0.3, -0.25) is 9.69 Å². The van der Waals surface area contributed by atoms with E-state index >= 15 is 0 Å². The zero-order valence-corrected chi connectivity index (χ0v) is 16.0. The number of rotatable bonds is 6. The summed E-state index contributed by atoms with van der Waals surface area (Å²) < 4.78 is 10.6. The molecule has 138 valence electrons. The molecule has 3 heterocycles. The van der Waals surface area contributed by atoms with Crippen LogP contribution in [-0.2, 0) is 17.8 Å². The van der Waals surface area contributed by atoms with E-state index in [0.717, 1.165) is 6.54 Å². The van der Waals surface area contributed by atoms with E-state index in [0.29, 0.717) is 18.1 Å². The summed E-state index contributed by atoms with van der Waals surface area (Å²) in [4.78, 5) is 35.1. The zero-order chi connectivity index (χ0) is 18.8. The number of nitrogens with zero attached hydrogens (tertiary/aromatic N) is 2. The molecule has 3 rings (SSSR count). The van der Waals surface area contributed by atoms with E-state index in [1.165, 1.54) is 10.4 Å². The Kier molecular flexibility index (Phi) is 5.24. The van der Waals surface area contributed by atoms with E-state index in [-0.39, 0.29) is 23.3 Å². The van der Waals surface area contributed by atoms with E-state index in [2.05, 4.69) is 33.2 Å². The smallest absolute Gasteiger partial charge is 0.342 e. The van der Waals surface area contributed by atoms with Gasteiger partial charge in [0.05, 0.1) is 13.2 Å². The van der Waals surface area contributed by atoms with Crippen molar-refractivity contribution in [2.45, 2.75) is 33.9 Å². The molecule has 3 aromatic rings. The van der Waals surface area contributed by atoms with Gasteiger partial charge in [0.15, 0.2) is 0 Å². The van der Waals surface area contributed by atoms with Crippen LogP contribution in [0, 0.1) is 13.8 Å². The molecular weight excluding hydrogens is 354 g/mol. The molecule has 0 spiro atoms. The van der Waals surface area contributed by atoms with Gasteiger partial charge in [0.25, 0.3) is 5.56 Å². The van der Waals surface area contributed by atoms with Gasteiger partial charge in [0.2, 0.25) is 5.71 Å². The number of carbonyl (C=O) groups excluding carboxylic acids is 1. The Balaban J connectivity index is 1.88. The fraction of sp³-hybridized carbons (Fsp3) is 0.389. The summed E-state index contributed by atoms with van der Waals surface area (Å²) in [5.74, 6) is 0.244. The van der Waals surface area contributed by atoms with Crippen molar-refractivity contribution in [2.24, 2.45) is 0 Å². The molecule has 0 aromatic carbocycles. The molecule has 0 saturated carbocycles. The molecule has 0 radical (unpaired) electrons. The van der Waals surface area contributed by atoms with Crippen LogP contribution in [0.1, 0.15) is 39.3 Å². The van der Waals surface area contributed by atoms with Crippen LogP contribution in [0.15, 0.2) is 20.7 Å². The highest BCUT2D eigenvalue weighted by Gasteiger charge is 2.23. The van der Waals surface area contributed by atoms with Crippen molar-refractivity contribution < 1.29 is 13.9 Å². The monoisotopic (exact) mass is 375 g/mol. The summed E-state index contributed by atoms with van der Waals surface area (Å²) in [6.07, 6.45) is 0. The van der Waals surface area contributed by atoms with Gasteiger partial charge in [0.1, 0.15) is 22.5 Å². The lowest BCUT2D eigenvalue weighted by Gasteiger charge is -2.15. The number of fused-ring (bicyclic) bond motifs is 1. The Bertz CT molecular complexity index is 1000. The number of nitrogens with one attached hydrogen (secondary N) is 1. The van der Waals surface area contributed by atoms with Crippen molar-refractivity contribution in [1.29, 1.82) is 0 Å². The number of furan rings is 1. The number of hydrogen-bond acceptors (Lipinski definition) is 7. The van der Waals surface area contributed by atoms with Crippen LogP contribution in [0.3, 0.4) is 0 Å². The van der Waals surface area contributed by atoms with E-state index in [1.54, 1.807) is 25.2 Å². The molecule has 0 bridgehead atoms. The summed E-state index contributed by atoms with van der Waals surface area (Å²) in [7, 11) is 1.96. The Hall–Kier alpha value is -2.45. The highest BCUT2D eigenvalue weighted by Crippen LogP contribution is 2.22. The summed E-state index contributed by atoms with van der Waals surface area (Å²) in [6.45, 7) is 6.85.